The second-order valence-electron chi connectivity index (χ2n) is 5.64. The summed E-state index contributed by atoms with van der Waals surface area (Å²) in [5.41, 5.74) is 1.40. The van der Waals surface area contributed by atoms with E-state index >= 15 is 0 Å². The lowest BCUT2D eigenvalue weighted by atomic mass is 9.82. The standard InChI is InChI=1S/C16H23NO3/c1-11-4-3-5-12(8-11)16(19)17-14-6-7-15(20-2)13(9-14)10-18/h6-7,9,11-12,18H,3-5,8,10H2,1-2H3,(H,17,19). The number of nitrogens with one attached hydrogen (secondary N) is 1. The molecule has 0 aliphatic heterocycles. The average molecular weight is 277 g/mol. The summed E-state index contributed by atoms with van der Waals surface area (Å²) < 4.78 is 5.15. The number of rotatable bonds is 4. The Balaban J connectivity index is 2.03. The van der Waals surface area contributed by atoms with Gasteiger partial charge in [0, 0.05) is 17.2 Å². The van der Waals surface area contributed by atoms with Crippen LogP contribution in [0, 0.1) is 11.8 Å². The zero-order valence-electron chi connectivity index (χ0n) is 12.2. The van der Waals surface area contributed by atoms with Gasteiger partial charge in [-0.3, -0.25) is 4.79 Å². The Morgan fingerprint density at radius 1 is 1.45 bits per heavy atom. The number of aliphatic hydroxyl groups is 1. The highest BCUT2D eigenvalue weighted by molar-refractivity contribution is 5.92. The van der Waals surface area contributed by atoms with Crippen LogP contribution in [-0.2, 0) is 11.4 Å². The topological polar surface area (TPSA) is 58.6 Å². The molecule has 4 heteroatoms. The van der Waals surface area contributed by atoms with Crippen LogP contribution in [0.1, 0.15) is 38.2 Å². The predicted molar refractivity (Wildman–Crippen MR) is 78.7 cm³/mol. The third-order valence-corrected chi connectivity index (χ3v) is 4.03. The molecule has 1 aliphatic rings. The van der Waals surface area contributed by atoms with E-state index < -0.39 is 0 Å². The lowest BCUT2D eigenvalue weighted by Crippen LogP contribution is -2.27. The van der Waals surface area contributed by atoms with Crippen LogP contribution in [0.25, 0.3) is 0 Å². The van der Waals surface area contributed by atoms with Gasteiger partial charge in [-0.15, -0.1) is 0 Å². The molecule has 0 saturated heterocycles. The van der Waals surface area contributed by atoms with Gasteiger partial charge in [-0.2, -0.15) is 0 Å². The summed E-state index contributed by atoms with van der Waals surface area (Å²) in [6.07, 6.45) is 4.29. The number of ether oxygens (including phenoxy) is 1. The fourth-order valence-corrected chi connectivity index (χ4v) is 2.90. The van der Waals surface area contributed by atoms with Gasteiger partial charge in [0.2, 0.25) is 5.91 Å². The number of benzene rings is 1. The van der Waals surface area contributed by atoms with E-state index in [1.807, 2.05) is 6.07 Å². The summed E-state index contributed by atoms with van der Waals surface area (Å²) in [7, 11) is 1.57. The van der Waals surface area contributed by atoms with E-state index in [0.29, 0.717) is 17.2 Å². The van der Waals surface area contributed by atoms with Crippen molar-refractivity contribution in [3.63, 3.8) is 0 Å². The molecular formula is C16H23NO3. The molecular weight excluding hydrogens is 254 g/mol. The third-order valence-electron chi connectivity index (χ3n) is 4.03. The van der Waals surface area contributed by atoms with Crippen molar-refractivity contribution in [3.05, 3.63) is 23.8 Å². The first kappa shape index (κ1) is 14.9. The molecule has 0 bridgehead atoms. The second-order valence-corrected chi connectivity index (χ2v) is 5.64. The van der Waals surface area contributed by atoms with Crippen molar-refractivity contribution in [2.24, 2.45) is 11.8 Å². The minimum Gasteiger partial charge on any atom is -0.496 e. The second kappa shape index (κ2) is 6.75. The van der Waals surface area contributed by atoms with Crippen LogP contribution in [0.3, 0.4) is 0 Å². The van der Waals surface area contributed by atoms with E-state index in [-0.39, 0.29) is 18.4 Å². The highest BCUT2D eigenvalue weighted by atomic mass is 16.5. The molecule has 2 N–H and O–H groups in total. The molecule has 2 atom stereocenters. The van der Waals surface area contributed by atoms with Crippen LogP contribution in [0.15, 0.2) is 18.2 Å². The van der Waals surface area contributed by atoms with Gasteiger partial charge in [-0.05, 0) is 37.0 Å². The number of aliphatic hydroxyl groups excluding tert-OH is 1. The highest BCUT2D eigenvalue weighted by Crippen LogP contribution is 2.30. The molecule has 1 aliphatic carbocycles. The van der Waals surface area contributed by atoms with Crippen LogP contribution in [0.4, 0.5) is 5.69 Å². The highest BCUT2D eigenvalue weighted by Gasteiger charge is 2.25. The Kier molecular flexibility index (Phi) is 5.01. The summed E-state index contributed by atoms with van der Waals surface area (Å²) in [4.78, 5) is 12.3. The maximum absolute atomic E-state index is 12.3. The quantitative estimate of drug-likeness (QED) is 0.889. The van der Waals surface area contributed by atoms with E-state index in [4.69, 9.17) is 4.74 Å². The van der Waals surface area contributed by atoms with Crippen LogP contribution in [-0.4, -0.2) is 18.1 Å². The molecule has 1 saturated carbocycles. The van der Waals surface area contributed by atoms with Gasteiger partial charge in [-0.25, -0.2) is 0 Å². The summed E-state index contributed by atoms with van der Waals surface area (Å²) in [6, 6.07) is 5.34. The maximum atomic E-state index is 12.3. The summed E-state index contributed by atoms with van der Waals surface area (Å²) in [6.45, 7) is 2.10. The summed E-state index contributed by atoms with van der Waals surface area (Å²) >= 11 is 0. The SMILES string of the molecule is COc1ccc(NC(=O)C2CCCC(C)C2)cc1CO. The van der Waals surface area contributed by atoms with Gasteiger partial charge in [0.1, 0.15) is 5.75 Å². The van der Waals surface area contributed by atoms with Crippen LogP contribution in [0.2, 0.25) is 0 Å². The first-order valence-corrected chi connectivity index (χ1v) is 7.22. The fourth-order valence-electron chi connectivity index (χ4n) is 2.90. The number of hydrogen-bond donors (Lipinski definition) is 2. The molecule has 2 unspecified atom stereocenters. The molecule has 4 nitrogen and oxygen atoms in total. The molecule has 0 heterocycles. The number of anilines is 1. The number of amides is 1. The lowest BCUT2D eigenvalue weighted by molar-refractivity contribution is -0.121. The van der Waals surface area contributed by atoms with E-state index in [0.717, 1.165) is 24.9 Å². The summed E-state index contributed by atoms with van der Waals surface area (Å²) in [5.74, 6) is 1.46. The van der Waals surface area contributed by atoms with E-state index in [1.165, 1.54) is 6.42 Å². The number of methoxy groups -OCH3 is 1. The summed E-state index contributed by atoms with van der Waals surface area (Å²) in [5, 5.41) is 12.3. The minimum absolute atomic E-state index is 0.0885. The smallest absolute Gasteiger partial charge is 0.227 e. The van der Waals surface area contributed by atoms with E-state index in [9.17, 15) is 9.90 Å². The van der Waals surface area contributed by atoms with Crippen LogP contribution < -0.4 is 10.1 Å². The van der Waals surface area contributed by atoms with Gasteiger partial charge in [0.05, 0.1) is 13.7 Å². The van der Waals surface area contributed by atoms with Crippen LogP contribution >= 0.6 is 0 Å². The van der Waals surface area contributed by atoms with Crippen molar-refractivity contribution in [1.82, 2.24) is 0 Å². The van der Waals surface area contributed by atoms with Crippen molar-refractivity contribution in [2.45, 2.75) is 39.2 Å². The van der Waals surface area contributed by atoms with E-state index in [2.05, 4.69) is 12.2 Å². The Bertz CT molecular complexity index is 473. The molecule has 110 valence electrons. The zero-order chi connectivity index (χ0) is 14.5. The molecule has 1 aromatic rings. The predicted octanol–water partition coefficient (Wildman–Crippen LogP) is 2.95. The van der Waals surface area contributed by atoms with Crippen molar-refractivity contribution >= 4 is 11.6 Å². The molecule has 20 heavy (non-hydrogen) atoms. The molecule has 1 fully saturated rings. The first-order chi connectivity index (χ1) is 9.63. The third kappa shape index (κ3) is 3.51. The molecule has 1 amide bonds. The largest absolute Gasteiger partial charge is 0.496 e. The van der Waals surface area contributed by atoms with Gasteiger partial charge in [0.15, 0.2) is 0 Å². The number of hydrogen-bond acceptors (Lipinski definition) is 3. The fraction of sp³-hybridized carbons (Fsp3) is 0.562. The number of carbonyl (C=O) groups excluding carboxylic acids is 1. The van der Waals surface area contributed by atoms with Crippen molar-refractivity contribution in [1.29, 1.82) is 0 Å². The Morgan fingerprint density at radius 3 is 2.90 bits per heavy atom. The van der Waals surface area contributed by atoms with Gasteiger partial charge >= 0.3 is 0 Å². The van der Waals surface area contributed by atoms with Gasteiger partial charge in [0.25, 0.3) is 0 Å². The van der Waals surface area contributed by atoms with Gasteiger partial charge < -0.3 is 15.2 Å². The molecule has 2 rings (SSSR count). The Labute approximate surface area is 120 Å². The van der Waals surface area contributed by atoms with Crippen molar-refractivity contribution in [2.75, 3.05) is 12.4 Å². The van der Waals surface area contributed by atoms with Crippen molar-refractivity contribution in [3.8, 4) is 5.75 Å². The molecule has 0 aromatic heterocycles. The maximum Gasteiger partial charge on any atom is 0.227 e. The normalized spacial score (nSPS) is 22.4. The molecule has 0 radical (unpaired) electrons. The Morgan fingerprint density at radius 2 is 2.25 bits per heavy atom. The molecule has 0 spiro atoms. The van der Waals surface area contributed by atoms with Crippen LogP contribution in [0.5, 0.6) is 5.75 Å². The van der Waals surface area contributed by atoms with Gasteiger partial charge in [-0.1, -0.05) is 19.8 Å². The monoisotopic (exact) mass is 277 g/mol. The van der Waals surface area contributed by atoms with E-state index in [1.54, 1.807) is 19.2 Å². The molecule has 1 aromatic carbocycles. The zero-order valence-corrected chi connectivity index (χ0v) is 12.2. The lowest BCUT2D eigenvalue weighted by Gasteiger charge is -2.25. The first-order valence-electron chi connectivity index (χ1n) is 7.22. The van der Waals surface area contributed by atoms with Crippen molar-refractivity contribution < 1.29 is 14.6 Å². The number of carbonyl (C=O) groups is 1. The average Bonchev–Trinajstić information content (AvgIpc) is 2.47. The Hall–Kier alpha value is -1.55. The minimum atomic E-state index is -0.104.